The van der Waals surface area contributed by atoms with Gasteiger partial charge in [0.2, 0.25) is 6.79 Å². The molecule has 0 spiro atoms. The van der Waals surface area contributed by atoms with E-state index in [1.807, 2.05) is 40.2 Å². The van der Waals surface area contributed by atoms with Crippen LogP contribution in [-0.2, 0) is 4.79 Å². The molecule has 6 rings (SSSR count). The molecule has 3 aromatic rings. The van der Waals surface area contributed by atoms with Crippen molar-refractivity contribution in [1.29, 1.82) is 0 Å². The number of aromatic amines is 1. The largest absolute Gasteiger partial charge is 0.454 e. The molecule has 2 saturated heterocycles. The molecular weight excluding hydrogens is 546 g/mol. The van der Waals surface area contributed by atoms with Gasteiger partial charge in [0.15, 0.2) is 16.6 Å². The average molecular weight is 570 g/mol. The number of nitrogens with one attached hydrogen (secondary N) is 3. The molecule has 1 aromatic heterocycles. The lowest BCUT2D eigenvalue weighted by Crippen LogP contribution is -2.46. The van der Waals surface area contributed by atoms with Crippen LogP contribution in [0.1, 0.15) is 30.9 Å². The number of amidine groups is 1. The number of fused-ring (bicyclic) bond motifs is 2. The molecule has 0 bridgehead atoms. The number of benzene rings is 2. The van der Waals surface area contributed by atoms with E-state index in [2.05, 4.69) is 41.6 Å². The second-order valence-corrected chi connectivity index (χ2v) is 10.1. The van der Waals surface area contributed by atoms with Crippen molar-refractivity contribution in [2.24, 2.45) is 4.99 Å². The first-order valence-electron chi connectivity index (χ1n) is 11.8. The van der Waals surface area contributed by atoms with Crippen molar-refractivity contribution in [3.63, 3.8) is 0 Å². The number of amides is 1. The number of halogens is 1. The number of ether oxygens (including phenoxy) is 2. The number of thiocarbonyl (C=S) groups is 1. The number of hydrogen-bond acceptors (Lipinski definition) is 7. The van der Waals surface area contributed by atoms with E-state index in [1.165, 1.54) is 6.42 Å². The number of aromatic nitrogens is 2. The van der Waals surface area contributed by atoms with E-state index in [0.29, 0.717) is 22.4 Å². The van der Waals surface area contributed by atoms with Crippen molar-refractivity contribution < 1.29 is 14.3 Å². The van der Waals surface area contributed by atoms with Crippen LogP contribution in [-0.4, -0.2) is 58.3 Å². The minimum absolute atomic E-state index is 0.0203. The normalized spacial score (nSPS) is 20.8. The van der Waals surface area contributed by atoms with E-state index in [-0.39, 0.29) is 19.2 Å². The van der Waals surface area contributed by atoms with E-state index in [4.69, 9.17) is 21.7 Å². The maximum Gasteiger partial charge on any atom is 0.255 e. The Kier molecular flexibility index (Phi) is 6.23. The first-order valence-corrected chi connectivity index (χ1v) is 13.0. The Balaban J connectivity index is 1.35. The number of aliphatic imine (C=N–C) groups is 1. The fourth-order valence-electron chi connectivity index (χ4n) is 4.75. The van der Waals surface area contributed by atoms with E-state index in [1.54, 1.807) is 6.33 Å². The quantitative estimate of drug-likeness (QED) is 0.401. The van der Waals surface area contributed by atoms with Crippen LogP contribution < -0.4 is 25.1 Å². The van der Waals surface area contributed by atoms with Gasteiger partial charge < -0.3 is 24.7 Å². The predicted octanol–water partition coefficient (Wildman–Crippen LogP) is 3.41. The molecule has 0 aliphatic carbocycles. The number of rotatable bonds is 5. The molecule has 36 heavy (non-hydrogen) atoms. The topological polar surface area (TPSA) is 107 Å². The van der Waals surface area contributed by atoms with Crippen molar-refractivity contribution in [1.82, 2.24) is 25.7 Å². The zero-order chi connectivity index (χ0) is 24.6. The number of H-pyrrole nitrogens is 1. The van der Waals surface area contributed by atoms with E-state index >= 15 is 0 Å². The van der Waals surface area contributed by atoms with Crippen LogP contribution in [0.4, 0.5) is 5.69 Å². The van der Waals surface area contributed by atoms with Gasteiger partial charge in [-0.15, -0.1) is 0 Å². The van der Waals surface area contributed by atoms with Gasteiger partial charge in [-0.1, -0.05) is 22.4 Å². The number of carbonyl (C=O) groups is 1. The van der Waals surface area contributed by atoms with Crippen molar-refractivity contribution >= 4 is 61.7 Å². The molecular formula is C24H24BrN7O3S. The molecule has 1 unspecified atom stereocenters. The van der Waals surface area contributed by atoms with Gasteiger partial charge in [-0.25, -0.2) is 9.99 Å². The molecule has 3 aliphatic rings. The smallest absolute Gasteiger partial charge is 0.255 e. The zero-order valence-corrected chi connectivity index (χ0v) is 21.7. The van der Waals surface area contributed by atoms with Crippen LogP contribution in [0.15, 0.2) is 46.1 Å². The summed E-state index contributed by atoms with van der Waals surface area (Å²) in [6, 6.07) is 9.31. The van der Waals surface area contributed by atoms with Crippen LogP contribution in [0.2, 0.25) is 0 Å². The third-order valence-electron chi connectivity index (χ3n) is 6.47. The van der Waals surface area contributed by atoms with E-state index < -0.39 is 6.04 Å². The molecule has 10 nitrogen and oxygen atoms in total. The lowest BCUT2D eigenvalue weighted by atomic mass is 10.0. The maximum absolute atomic E-state index is 12.7. The van der Waals surface area contributed by atoms with E-state index in [0.717, 1.165) is 52.7 Å². The number of nitrogens with zero attached hydrogens (tertiary/aromatic N) is 4. The summed E-state index contributed by atoms with van der Waals surface area (Å²) in [4.78, 5) is 26.8. The Labute approximate surface area is 221 Å². The number of imidazole rings is 1. The summed E-state index contributed by atoms with van der Waals surface area (Å²) in [6.45, 7) is 1.88. The van der Waals surface area contributed by atoms with Crippen LogP contribution in [0.3, 0.4) is 0 Å². The Morgan fingerprint density at radius 3 is 2.83 bits per heavy atom. The standard InChI is InChI=1S/C24H24BrN7O3S/c25-16-10-20-19(34-13-35-20)9-15(16)22-23(26-11-21(33)30-31-6-2-1-3-7-31)29-24(36)32(22)14-4-5-17-18(8-14)28-12-27-17/h4-5,8-10,12,22H,1-3,6-7,11,13H2,(H,27,28)(H,30,33)(H,26,29,36). The second kappa shape index (κ2) is 9.68. The van der Waals surface area contributed by atoms with Gasteiger partial charge in [0.1, 0.15) is 18.4 Å². The van der Waals surface area contributed by atoms with Gasteiger partial charge in [-0.2, -0.15) is 0 Å². The lowest BCUT2D eigenvalue weighted by Gasteiger charge is -2.27. The average Bonchev–Trinajstić information content (AvgIpc) is 3.60. The number of hydrogen-bond donors (Lipinski definition) is 3. The first kappa shape index (κ1) is 23.2. The SMILES string of the molecule is O=C(CN=C1NC(=S)N(c2ccc3nc[nH]c3c2)C1c1cc2c(cc1Br)OCO2)NN1CCCCC1. The molecule has 12 heteroatoms. The summed E-state index contributed by atoms with van der Waals surface area (Å²) < 4.78 is 12.0. The highest BCUT2D eigenvalue weighted by Gasteiger charge is 2.38. The first-order chi connectivity index (χ1) is 17.6. The predicted molar refractivity (Wildman–Crippen MR) is 143 cm³/mol. The Bertz CT molecular complexity index is 1370. The van der Waals surface area contributed by atoms with Gasteiger partial charge in [-0.3, -0.25) is 15.2 Å². The number of piperidine rings is 1. The molecule has 4 heterocycles. The fourth-order valence-corrected chi connectivity index (χ4v) is 5.60. The van der Waals surface area contributed by atoms with Crippen LogP contribution in [0, 0.1) is 0 Å². The molecule has 3 aliphatic heterocycles. The summed E-state index contributed by atoms with van der Waals surface area (Å²) in [5.74, 6) is 1.75. The van der Waals surface area contributed by atoms with Crippen LogP contribution in [0.25, 0.3) is 11.0 Å². The van der Waals surface area contributed by atoms with Crippen molar-refractivity contribution in [3.05, 3.63) is 46.7 Å². The monoisotopic (exact) mass is 569 g/mol. The zero-order valence-electron chi connectivity index (χ0n) is 19.3. The van der Waals surface area contributed by atoms with Crippen LogP contribution >= 0.6 is 28.1 Å². The van der Waals surface area contributed by atoms with Crippen molar-refractivity contribution in [3.8, 4) is 11.5 Å². The molecule has 186 valence electrons. The van der Waals surface area contributed by atoms with Gasteiger partial charge in [-0.05, 0) is 55.4 Å². The summed E-state index contributed by atoms with van der Waals surface area (Å²) >= 11 is 9.46. The third-order valence-corrected chi connectivity index (χ3v) is 7.46. The number of carbonyl (C=O) groups excluding carboxylic acids is 1. The summed E-state index contributed by atoms with van der Waals surface area (Å²) in [5, 5.41) is 5.70. The van der Waals surface area contributed by atoms with Gasteiger partial charge in [0.25, 0.3) is 5.91 Å². The summed E-state index contributed by atoms with van der Waals surface area (Å²) in [5.41, 5.74) is 6.47. The molecule has 0 radical (unpaired) electrons. The summed E-state index contributed by atoms with van der Waals surface area (Å²) in [6.07, 6.45) is 5.03. The molecule has 2 aromatic carbocycles. The van der Waals surface area contributed by atoms with Gasteiger partial charge >= 0.3 is 0 Å². The van der Waals surface area contributed by atoms with E-state index in [9.17, 15) is 4.79 Å². The van der Waals surface area contributed by atoms with Crippen molar-refractivity contribution in [2.75, 3.05) is 31.3 Å². The van der Waals surface area contributed by atoms with Crippen LogP contribution in [0.5, 0.6) is 11.5 Å². The molecule has 0 saturated carbocycles. The van der Waals surface area contributed by atoms with Crippen molar-refractivity contribution in [2.45, 2.75) is 25.3 Å². The lowest BCUT2D eigenvalue weighted by molar-refractivity contribution is -0.124. The highest BCUT2D eigenvalue weighted by molar-refractivity contribution is 9.10. The Morgan fingerprint density at radius 1 is 1.19 bits per heavy atom. The minimum Gasteiger partial charge on any atom is -0.454 e. The molecule has 2 fully saturated rings. The fraction of sp³-hybridized carbons (Fsp3) is 0.333. The number of hydrazine groups is 1. The highest BCUT2D eigenvalue weighted by atomic mass is 79.9. The third kappa shape index (κ3) is 4.40. The molecule has 1 atom stereocenters. The number of anilines is 1. The highest BCUT2D eigenvalue weighted by Crippen LogP contribution is 2.43. The Morgan fingerprint density at radius 2 is 2.00 bits per heavy atom. The maximum atomic E-state index is 12.7. The second-order valence-electron chi connectivity index (χ2n) is 8.82. The minimum atomic E-state index is -0.412. The summed E-state index contributed by atoms with van der Waals surface area (Å²) in [7, 11) is 0. The van der Waals surface area contributed by atoms with Gasteiger partial charge in [0.05, 0.1) is 17.4 Å². The van der Waals surface area contributed by atoms with Gasteiger partial charge in [0, 0.05) is 28.8 Å². The Hall–Kier alpha value is -3.22. The molecule has 1 amide bonds. The molecule has 3 N–H and O–H groups in total.